The molecule has 18 heteroatoms. The number of nitrogens with zero attached hydrogens (tertiary/aromatic N) is 10. The standard InChI is InChI=1S/C45H60BClN10O6/c1-44(2,3)56-20-16-53(17-21-56)38-25-32(28-48-42(38)62-8)40-41(59)35(31-10-11-37(36(47)24-31)55(30-58)15-14-52(6)7)27-34(50-40)12-13-45(4,5)57-22-18-54(19-23-57)39-26-33(46(60)51-61)29-49-43(39)63-9/h10-11,14-15,24-30,59-60H,12-13,16-23H2,1-9H3/b15-14-. The van der Waals surface area contributed by atoms with Gasteiger partial charge < -0.3 is 34.3 Å². The summed E-state index contributed by atoms with van der Waals surface area (Å²) in [5.74, 6) is 0.901. The maximum absolute atomic E-state index is 12.2. The van der Waals surface area contributed by atoms with Gasteiger partial charge in [0.2, 0.25) is 18.2 Å². The van der Waals surface area contributed by atoms with Crippen LogP contribution in [-0.4, -0.2) is 145 Å². The van der Waals surface area contributed by atoms with Gasteiger partial charge in [0.25, 0.3) is 0 Å². The van der Waals surface area contributed by atoms with Crippen LogP contribution in [0.3, 0.4) is 0 Å². The molecule has 6 rings (SSSR count). The molecule has 4 aromatic rings. The fraction of sp³-hybridized carbons (Fsp3) is 0.467. The number of methoxy groups -OCH3 is 2. The number of ether oxygens (including phenoxy) is 2. The maximum Gasteiger partial charge on any atom is 0.519 e. The number of aromatic hydroxyl groups is 1. The van der Waals surface area contributed by atoms with Crippen LogP contribution >= 0.6 is 11.6 Å². The molecule has 1 amide bonds. The minimum Gasteiger partial charge on any atom is -0.505 e. The fourth-order valence-corrected chi connectivity index (χ4v) is 8.44. The van der Waals surface area contributed by atoms with E-state index in [9.17, 15) is 19.8 Å². The van der Waals surface area contributed by atoms with Gasteiger partial charge in [-0.25, -0.2) is 15.0 Å². The third-order valence-corrected chi connectivity index (χ3v) is 12.3. The van der Waals surface area contributed by atoms with E-state index in [1.807, 2.05) is 37.2 Å². The Hall–Kier alpha value is -5.49. The number of benzene rings is 1. The third kappa shape index (κ3) is 10.8. The van der Waals surface area contributed by atoms with Gasteiger partial charge in [0.05, 0.1) is 30.6 Å². The maximum atomic E-state index is 12.2. The van der Waals surface area contributed by atoms with Crippen molar-refractivity contribution in [2.45, 2.75) is 58.5 Å². The van der Waals surface area contributed by atoms with E-state index in [0.29, 0.717) is 81.9 Å². The molecule has 0 radical (unpaired) electrons. The normalized spacial score (nSPS) is 15.4. The zero-order valence-corrected chi connectivity index (χ0v) is 38.6. The van der Waals surface area contributed by atoms with Crippen LogP contribution in [0.15, 0.2) is 66.3 Å². The van der Waals surface area contributed by atoms with Crippen molar-refractivity contribution in [3.63, 3.8) is 0 Å². The average Bonchev–Trinajstić information content (AvgIpc) is 3.28. The lowest BCUT2D eigenvalue weighted by molar-refractivity contribution is -0.107. The van der Waals surface area contributed by atoms with E-state index in [2.05, 4.69) is 64.3 Å². The molecule has 2 aliphatic heterocycles. The highest BCUT2D eigenvalue weighted by Gasteiger charge is 2.33. The molecule has 3 aromatic heterocycles. The quantitative estimate of drug-likeness (QED) is 0.0826. The number of nitroso groups, excluding NO2 is 1. The van der Waals surface area contributed by atoms with E-state index in [4.69, 9.17) is 31.0 Å². The summed E-state index contributed by atoms with van der Waals surface area (Å²) in [6.45, 7) is 17.3. The van der Waals surface area contributed by atoms with E-state index >= 15 is 0 Å². The number of hydrogen-bond acceptors (Lipinski definition) is 15. The fourth-order valence-electron chi connectivity index (χ4n) is 8.16. The van der Waals surface area contributed by atoms with Crippen molar-refractivity contribution in [3.8, 4) is 39.9 Å². The van der Waals surface area contributed by atoms with Crippen molar-refractivity contribution in [3.05, 3.63) is 76.8 Å². The molecular formula is C45H60BClN10O6. The molecule has 0 spiro atoms. The van der Waals surface area contributed by atoms with Gasteiger partial charge in [-0.05, 0) is 83.4 Å². The Morgan fingerprint density at radius 2 is 1.44 bits per heavy atom. The number of anilines is 3. The van der Waals surface area contributed by atoms with Gasteiger partial charge in [-0.1, -0.05) is 22.8 Å². The second-order valence-electron chi connectivity index (χ2n) is 17.8. The number of carbonyl (C=O) groups excluding carboxylic acids is 1. The summed E-state index contributed by atoms with van der Waals surface area (Å²) in [6.07, 6.45) is 8.52. The Morgan fingerprint density at radius 3 is 2.00 bits per heavy atom. The van der Waals surface area contributed by atoms with Crippen LogP contribution in [-0.2, 0) is 11.2 Å². The molecule has 5 heterocycles. The number of piperazine rings is 2. The Balaban J connectivity index is 1.31. The van der Waals surface area contributed by atoms with Crippen LogP contribution < -0.4 is 29.6 Å². The van der Waals surface area contributed by atoms with Crippen molar-refractivity contribution >= 4 is 47.6 Å². The number of carbonyl (C=O) groups is 1. The molecule has 0 atom stereocenters. The SMILES string of the molecule is COc1ncc(-c2nc(CCC(C)(C)N3CCN(c4cc(B(O)N=O)cnc4OC)CC3)cc(-c3ccc(N(C=O)/C=C\N(C)C)c(Cl)c3)c2O)cc1N1CCN(C(C)(C)C)CC1. The van der Waals surface area contributed by atoms with Gasteiger partial charge in [-0.15, -0.1) is 0 Å². The van der Waals surface area contributed by atoms with Crippen LogP contribution in [0.5, 0.6) is 17.5 Å². The number of rotatable bonds is 16. The highest BCUT2D eigenvalue weighted by molar-refractivity contribution is 6.64. The number of aromatic nitrogens is 3. The number of aryl methyl sites for hydroxylation is 1. The predicted molar refractivity (Wildman–Crippen MR) is 251 cm³/mol. The Labute approximate surface area is 376 Å². The molecular weight excluding hydrogens is 823 g/mol. The van der Waals surface area contributed by atoms with E-state index in [1.165, 1.54) is 11.1 Å². The summed E-state index contributed by atoms with van der Waals surface area (Å²) in [5.41, 5.74) is 5.17. The summed E-state index contributed by atoms with van der Waals surface area (Å²) in [6, 6.07) is 11.0. The molecule has 2 fully saturated rings. The van der Waals surface area contributed by atoms with Crippen molar-refractivity contribution in [1.82, 2.24) is 29.7 Å². The second-order valence-corrected chi connectivity index (χ2v) is 18.2. The third-order valence-electron chi connectivity index (χ3n) is 12.0. The molecule has 0 saturated carbocycles. The van der Waals surface area contributed by atoms with Crippen LogP contribution in [0.4, 0.5) is 17.1 Å². The molecule has 0 aliphatic carbocycles. The van der Waals surface area contributed by atoms with Gasteiger partial charge in [-0.2, -0.15) is 4.91 Å². The van der Waals surface area contributed by atoms with Crippen molar-refractivity contribution in [1.29, 1.82) is 0 Å². The van der Waals surface area contributed by atoms with Crippen molar-refractivity contribution in [2.24, 2.45) is 5.09 Å². The molecule has 336 valence electrons. The van der Waals surface area contributed by atoms with Gasteiger partial charge in [0.1, 0.15) is 17.1 Å². The molecule has 2 aliphatic rings. The first kappa shape index (κ1) is 47.0. The molecule has 0 unspecified atom stereocenters. The van der Waals surface area contributed by atoms with E-state index in [-0.39, 0.29) is 16.8 Å². The summed E-state index contributed by atoms with van der Waals surface area (Å²) in [5, 5.41) is 25.3. The first-order valence-electron chi connectivity index (χ1n) is 21.2. The molecule has 1 aromatic carbocycles. The Morgan fingerprint density at radius 1 is 0.841 bits per heavy atom. The van der Waals surface area contributed by atoms with Crippen LogP contribution in [0.1, 0.15) is 46.7 Å². The topological polar surface area (TPSA) is 164 Å². The minimum atomic E-state index is -1.51. The summed E-state index contributed by atoms with van der Waals surface area (Å²) < 4.78 is 11.3. The van der Waals surface area contributed by atoms with Crippen molar-refractivity contribution in [2.75, 3.05) is 95.4 Å². The second kappa shape index (κ2) is 19.9. The zero-order chi connectivity index (χ0) is 45.6. The lowest BCUT2D eigenvalue weighted by atomic mass is 9.77. The molecule has 16 nitrogen and oxygen atoms in total. The lowest BCUT2D eigenvalue weighted by Crippen LogP contribution is -2.55. The van der Waals surface area contributed by atoms with Gasteiger partial charge >= 0.3 is 7.05 Å². The molecule has 2 N–H and O–H groups in total. The smallest absolute Gasteiger partial charge is 0.505 e. The van der Waals surface area contributed by atoms with E-state index in [0.717, 1.165) is 57.1 Å². The highest BCUT2D eigenvalue weighted by atomic mass is 35.5. The average molecular weight is 883 g/mol. The summed E-state index contributed by atoms with van der Waals surface area (Å²) in [7, 11) is 5.38. The van der Waals surface area contributed by atoms with E-state index in [1.54, 1.807) is 51.0 Å². The van der Waals surface area contributed by atoms with Gasteiger partial charge in [-0.3, -0.25) is 19.5 Å². The largest absolute Gasteiger partial charge is 0.519 e. The van der Waals surface area contributed by atoms with Crippen LogP contribution in [0.2, 0.25) is 5.02 Å². The van der Waals surface area contributed by atoms with Crippen LogP contribution in [0, 0.1) is 4.91 Å². The van der Waals surface area contributed by atoms with Crippen molar-refractivity contribution < 1.29 is 24.4 Å². The predicted octanol–water partition coefficient (Wildman–Crippen LogP) is 5.49. The number of pyridine rings is 3. The van der Waals surface area contributed by atoms with Gasteiger partial charge in [0, 0.05) is 125 Å². The van der Waals surface area contributed by atoms with E-state index < -0.39 is 7.05 Å². The lowest BCUT2D eigenvalue weighted by Gasteiger charge is -2.45. The summed E-state index contributed by atoms with van der Waals surface area (Å²) >= 11 is 6.87. The molecule has 2 saturated heterocycles. The first-order valence-corrected chi connectivity index (χ1v) is 21.6. The Bertz CT molecular complexity index is 2280. The first-order chi connectivity index (χ1) is 30.0. The Kier molecular flexibility index (Phi) is 14.9. The number of amides is 1. The van der Waals surface area contributed by atoms with Crippen LogP contribution in [0.25, 0.3) is 22.4 Å². The summed E-state index contributed by atoms with van der Waals surface area (Å²) in [4.78, 5) is 49.9. The zero-order valence-electron chi connectivity index (χ0n) is 37.9. The number of hydrogen-bond donors (Lipinski definition) is 2. The molecule has 63 heavy (non-hydrogen) atoms. The minimum absolute atomic E-state index is 0.0152. The number of halogens is 1. The molecule has 0 bridgehead atoms. The van der Waals surface area contributed by atoms with Gasteiger partial charge in [0.15, 0.2) is 0 Å². The highest BCUT2D eigenvalue weighted by Crippen LogP contribution is 2.42. The monoisotopic (exact) mass is 882 g/mol.